The second kappa shape index (κ2) is 4.88. The molecule has 1 aliphatic rings. The molecular weight excluding hydrogens is 341 g/mol. The van der Waals surface area contributed by atoms with Crippen molar-refractivity contribution >= 4 is 38.6 Å². The van der Waals surface area contributed by atoms with E-state index >= 15 is 0 Å². The van der Waals surface area contributed by atoms with Gasteiger partial charge in [0, 0.05) is 0 Å². The normalized spacial score (nSPS) is 15.6. The van der Waals surface area contributed by atoms with Crippen LogP contribution >= 0.6 is 0 Å². The molecule has 2 heteroatoms. The zero-order valence-electron chi connectivity index (χ0n) is 12.9. The average molecular weight is 357 g/mol. The zero-order valence-corrected chi connectivity index (χ0v) is 14.8. The van der Waals surface area contributed by atoms with E-state index in [1.54, 1.807) is 8.70 Å². The van der Waals surface area contributed by atoms with Crippen molar-refractivity contribution in [2.45, 2.75) is 0 Å². The summed E-state index contributed by atoms with van der Waals surface area (Å²) in [6.45, 7) is 0. The Labute approximate surface area is 140 Å². The summed E-state index contributed by atoms with van der Waals surface area (Å²) in [7, 11) is 2.21. The van der Waals surface area contributed by atoms with Crippen molar-refractivity contribution in [1.82, 2.24) is 4.57 Å². The zero-order chi connectivity index (χ0) is 15.4. The molecule has 0 amide bonds. The van der Waals surface area contributed by atoms with Crippen molar-refractivity contribution in [3.63, 3.8) is 0 Å². The van der Waals surface area contributed by atoms with E-state index in [1.165, 1.54) is 26.5 Å². The Morgan fingerprint density at radius 3 is 2.30 bits per heavy atom. The molecule has 3 aromatic carbocycles. The van der Waals surface area contributed by atoms with Crippen molar-refractivity contribution in [3.8, 4) is 11.3 Å². The van der Waals surface area contributed by atoms with E-state index in [1.807, 2.05) is 0 Å². The fourth-order valence-corrected chi connectivity index (χ4v) is 9.65. The third kappa shape index (κ3) is 1.74. The van der Waals surface area contributed by atoms with Gasteiger partial charge in [0.25, 0.3) is 0 Å². The first kappa shape index (κ1) is 13.2. The number of aryl methyl sites for hydroxylation is 1. The van der Waals surface area contributed by atoms with Gasteiger partial charge < -0.3 is 0 Å². The van der Waals surface area contributed by atoms with Crippen LogP contribution in [0.25, 0.3) is 22.2 Å². The van der Waals surface area contributed by atoms with Gasteiger partial charge in [0.05, 0.1) is 0 Å². The maximum absolute atomic E-state index is 2.39. The number of rotatable bonds is 1. The van der Waals surface area contributed by atoms with Crippen LogP contribution in [0.5, 0.6) is 0 Å². The summed E-state index contributed by atoms with van der Waals surface area (Å²) in [5.41, 5.74) is 4.22. The minimum atomic E-state index is -1.47. The summed E-state index contributed by atoms with van der Waals surface area (Å²) in [6.07, 6.45) is 0. The molecule has 1 nitrogen and oxygen atoms in total. The Kier molecular flexibility index (Phi) is 2.80. The molecule has 0 spiro atoms. The average Bonchev–Trinajstić information content (AvgIpc) is 3.10. The number of para-hydroxylation sites is 1. The molecule has 0 bridgehead atoms. The molecule has 0 aliphatic carbocycles. The van der Waals surface area contributed by atoms with Crippen LogP contribution in [0.4, 0.5) is 0 Å². The molecule has 1 aliphatic heterocycles. The summed E-state index contributed by atoms with van der Waals surface area (Å²) in [5, 5.41) is 1.44. The van der Waals surface area contributed by atoms with Crippen LogP contribution in [0.1, 0.15) is 0 Å². The monoisotopic (exact) mass is 357 g/mol. The van der Waals surface area contributed by atoms with Crippen LogP contribution in [-0.4, -0.2) is 19.2 Å². The Bertz CT molecular complexity index is 1030. The van der Waals surface area contributed by atoms with E-state index < -0.39 is 14.7 Å². The van der Waals surface area contributed by atoms with E-state index in [0.717, 1.165) is 0 Å². The van der Waals surface area contributed by atoms with E-state index in [-0.39, 0.29) is 0 Å². The van der Waals surface area contributed by atoms with Crippen molar-refractivity contribution in [3.05, 3.63) is 78.9 Å². The van der Waals surface area contributed by atoms with Crippen LogP contribution in [0.15, 0.2) is 78.9 Å². The Morgan fingerprint density at radius 1 is 0.739 bits per heavy atom. The minimum absolute atomic E-state index is 1.35. The molecule has 0 radical (unpaired) electrons. The van der Waals surface area contributed by atoms with Crippen LogP contribution in [0, 0.1) is 0 Å². The third-order valence-corrected chi connectivity index (χ3v) is 10.1. The molecule has 0 saturated carbocycles. The summed E-state index contributed by atoms with van der Waals surface area (Å²) in [6, 6.07) is 28.9. The predicted octanol–water partition coefficient (Wildman–Crippen LogP) is 2.67. The number of benzene rings is 3. The quantitative estimate of drug-likeness (QED) is 0.407. The van der Waals surface area contributed by atoms with Gasteiger partial charge in [-0.2, -0.15) is 0 Å². The molecule has 0 N–H and O–H groups in total. The number of aromatic nitrogens is 1. The maximum atomic E-state index is 2.39. The van der Waals surface area contributed by atoms with Gasteiger partial charge in [-0.25, -0.2) is 0 Å². The predicted molar refractivity (Wildman–Crippen MR) is 99.5 cm³/mol. The van der Waals surface area contributed by atoms with Crippen molar-refractivity contribution in [1.29, 1.82) is 0 Å². The topological polar surface area (TPSA) is 4.93 Å². The van der Waals surface area contributed by atoms with Gasteiger partial charge in [0.15, 0.2) is 0 Å². The van der Waals surface area contributed by atoms with Gasteiger partial charge >= 0.3 is 140 Å². The van der Waals surface area contributed by atoms with Crippen molar-refractivity contribution in [2.75, 3.05) is 0 Å². The van der Waals surface area contributed by atoms with E-state index in [4.69, 9.17) is 0 Å². The standard InChI is InChI=1S/C21H16AsN/c1-23-19-14-8-6-12-17(19)20-21(23)16-11-5-7-13-18(16)22(20)15-9-3-2-4-10-15/h2-14H,1H3. The van der Waals surface area contributed by atoms with E-state index in [9.17, 15) is 0 Å². The van der Waals surface area contributed by atoms with E-state index in [2.05, 4.69) is 90.5 Å². The number of fused-ring (bicyclic) bond motifs is 5. The summed E-state index contributed by atoms with van der Waals surface area (Å²) >= 11 is -1.47. The van der Waals surface area contributed by atoms with Gasteiger partial charge in [0.1, 0.15) is 0 Å². The first-order valence-electron chi connectivity index (χ1n) is 7.88. The number of nitrogens with zero attached hydrogens (tertiary/aromatic N) is 1. The Balaban J connectivity index is 1.93. The van der Waals surface area contributed by atoms with Gasteiger partial charge in [0.2, 0.25) is 0 Å². The molecule has 1 atom stereocenters. The number of hydrogen-bond acceptors (Lipinski definition) is 0. The van der Waals surface area contributed by atoms with Gasteiger partial charge in [-0.3, -0.25) is 0 Å². The number of hydrogen-bond donors (Lipinski definition) is 0. The second-order valence-corrected chi connectivity index (χ2v) is 10.4. The van der Waals surface area contributed by atoms with E-state index in [0.29, 0.717) is 0 Å². The third-order valence-electron chi connectivity index (χ3n) is 4.72. The molecule has 23 heavy (non-hydrogen) atoms. The van der Waals surface area contributed by atoms with Gasteiger partial charge in [-0.05, 0) is 0 Å². The van der Waals surface area contributed by atoms with Gasteiger partial charge in [-0.1, -0.05) is 0 Å². The van der Waals surface area contributed by atoms with Crippen LogP contribution in [0.2, 0.25) is 0 Å². The SMILES string of the molecule is Cn1c2c(c3ccccc31)[As](c1ccccc1)c1ccccc1-2. The molecule has 2 heterocycles. The molecule has 5 rings (SSSR count). The summed E-state index contributed by atoms with van der Waals surface area (Å²) < 4.78 is 7.07. The Morgan fingerprint density at radius 2 is 1.43 bits per heavy atom. The fraction of sp³-hybridized carbons (Fsp3) is 0.0476. The molecule has 1 unspecified atom stereocenters. The van der Waals surface area contributed by atoms with Crippen molar-refractivity contribution < 1.29 is 0 Å². The Hall–Kier alpha value is -2.24. The van der Waals surface area contributed by atoms with Crippen LogP contribution < -0.4 is 13.1 Å². The molecular formula is C21H16AsN. The molecule has 0 fully saturated rings. The summed E-state index contributed by atoms with van der Waals surface area (Å²) in [5.74, 6) is 0. The first-order valence-corrected chi connectivity index (χ1v) is 10.7. The fourth-order valence-electron chi connectivity index (χ4n) is 3.74. The molecule has 4 aromatic rings. The van der Waals surface area contributed by atoms with Crippen LogP contribution in [-0.2, 0) is 7.05 Å². The molecule has 0 saturated heterocycles. The first-order chi connectivity index (χ1) is 11.4. The molecule has 110 valence electrons. The second-order valence-electron chi connectivity index (χ2n) is 5.96. The van der Waals surface area contributed by atoms with Crippen molar-refractivity contribution in [2.24, 2.45) is 7.05 Å². The summed E-state index contributed by atoms with van der Waals surface area (Å²) in [4.78, 5) is 0. The van der Waals surface area contributed by atoms with Crippen LogP contribution in [0.3, 0.4) is 0 Å². The molecule has 1 aromatic heterocycles. The van der Waals surface area contributed by atoms with Gasteiger partial charge in [-0.15, -0.1) is 0 Å².